The summed E-state index contributed by atoms with van der Waals surface area (Å²) >= 11 is 0. The normalized spacial score (nSPS) is 15.0. The lowest BCUT2D eigenvalue weighted by Crippen LogP contribution is -2.19. The van der Waals surface area contributed by atoms with Crippen LogP contribution in [-0.4, -0.2) is 29.4 Å². The smallest absolute Gasteiger partial charge is 0.267 e. The van der Waals surface area contributed by atoms with E-state index in [4.69, 9.17) is 4.55 Å². The van der Waals surface area contributed by atoms with E-state index in [1.165, 1.54) is 32.1 Å². The van der Waals surface area contributed by atoms with E-state index in [1.807, 2.05) is 0 Å². The molecule has 0 aromatic carbocycles. The Bertz CT molecular complexity index is 327. The van der Waals surface area contributed by atoms with Crippen LogP contribution in [0.5, 0.6) is 0 Å². The van der Waals surface area contributed by atoms with Crippen molar-refractivity contribution in [2.24, 2.45) is 0 Å². The maximum atomic E-state index is 11.0. The molecule has 0 aliphatic heterocycles. The quantitative estimate of drug-likeness (QED) is 0.369. The Morgan fingerprint density at radius 2 is 1.29 bits per heavy atom. The van der Waals surface area contributed by atoms with Gasteiger partial charge in [-0.2, -0.15) is 8.42 Å². The summed E-state index contributed by atoms with van der Waals surface area (Å²) in [6, 6.07) is 0. The zero-order valence-corrected chi connectivity index (χ0v) is 14.6. The second-order valence-corrected chi connectivity index (χ2v) is 7.74. The third-order valence-electron chi connectivity index (χ3n) is 4.08. The third-order valence-corrected chi connectivity index (χ3v) is 5.49. The average Bonchev–Trinajstić information content (AvgIpc) is 2.41. The van der Waals surface area contributed by atoms with Gasteiger partial charge in [0.2, 0.25) is 0 Å². The predicted octanol–water partition coefficient (Wildman–Crippen LogP) is 4.32. The maximum Gasteiger partial charge on any atom is 0.267 e. The van der Waals surface area contributed by atoms with Gasteiger partial charge in [-0.15, -0.1) is 0 Å². The summed E-state index contributed by atoms with van der Waals surface area (Å²) in [4.78, 5) is 0. The van der Waals surface area contributed by atoms with Crippen molar-refractivity contribution in [1.82, 2.24) is 0 Å². The fourth-order valence-corrected chi connectivity index (χ4v) is 3.51. The molecule has 4 nitrogen and oxygen atoms in total. The van der Waals surface area contributed by atoms with Crippen LogP contribution in [0.25, 0.3) is 0 Å². The van der Waals surface area contributed by atoms with Crippen LogP contribution in [0, 0.1) is 0 Å². The molecule has 0 aromatic rings. The standard InChI is InChI=1S/C16H34O4S/c1-3-5-6-7-8-9-12-15(17)13-10-11-14-16(4-2)21(18,19)20/h15-17H,3-14H2,1-2H3,(H,18,19,20). The summed E-state index contributed by atoms with van der Waals surface area (Å²) in [5.74, 6) is 0. The fourth-order valence-electron chi connectivity index (χ4n) is 2.62. The van der Waals surface area contributed by atoms with Crippen LogP contribution >= 0.6 is 0 Å². The van der Waals surface area contributed by atoms with Gasteiger partial charge in [0.1, 0.15) is 0 Å². The second-order valence-electron chi connectivity index (χ2n) is 6.04. The minimum atomic E-state index is -3.90. The summed E-state index contributed by atoms with van der Waals surface area (Å²) in [7, 11) is -3.90. The summed E-state index contributed by atoms with van der Waals surface area (Å²) in [6.45, 7) is 3.97. The minimum Gasteiger partial charge on any atom is -0.393 e. The van der Waals surface area contributed by atoms with Crippen molar-refractivity contribution >= 4 is 10.1 Å². The van der Waals surface area contributed by atoms with Crippen molar-refractivity contribution < 1.29 is 18.1 Å². The van der Waals surface area contributed by atoms with Crippen molar-refractivity contribution in [2.45, 2.75) is 102 Å². The Morgan fingerprint density at radius 3 is 1.81 bits per heavy atom. The molecule has 0 bridgehead atoms. The van der Waals surface area contributed by atoms with Gasteiger partial charge in [0, 0.05) is 0 Å². The summed E-state index contributed by atoms with van der Waals surface area (Å²) in [5.41, 5.74) is 0. The topological polar surface area (TPSA) is 74.6 Å². The van der Waals surface area contributed by atoms with Crippen LogP contribution in [0.15, 0.2) is 0 Å². The molecule has 2 unspecified atom stereocenters. The number of aliphatic hydroxyl groups excluding tert-OH is 1. The van der Waals surface area contributed by atoms with Crippen molar-refractivity contribution in [3.63, 3.8) is 0 Å². The van der Waals surface area contributed by atoms with E-state index >= 15 is 0 Å². The van der Waals surface area contributed by atoms with Gasteiger partial charge in [-0.3, -0.25) is 4.55 Å². The van der Waals surface area contributed by atoms with E-state index in [1.54, 1.807) is 6.92 Å². The molecule has 0 heterocycles. The van der Waals surface area contributed by atoms with E-state index < -0.39 is 15.4 Å². The highest BCUT2D eigenvalue weighted by Gasteiger charge is 2.20. The van der Waals surface area contributed by atoms with Crippen LogP contribution in [0.2, 0.25) is 0 Å². The van der Waals surface area contributed by atoms with Crippen LogP contribution < -0.4 is 0 Å². The molecule has 0 aromatic heterocycles. The molecule has 0 amide bonds. The molecule has 128 valence electrons. The monoisotopic (exact) mass is 322 g/mol. The van der Waals surface area contributed by atoms with E-state index in [0.29, 0.717) is 12.8 Å². The van der Waals surface area contributed by atoms with Crippen LogP contribution in [0.3, 0.4) is 0 Å². The molecule has 5 heteroatoms. The molecule has 0 fully saturated rings. The highest BCUT2D eigenvalue weighted by molar-refractivity contribution is 7.86. The van der Waals surface area contributed by atoms with E-state index in [0.717, 1.165) is 32.1 Å². The van der Waals surface area contributed by atoms with Gasteiger partial charge in [-0.25, -0.2) is 0 Å². The highest BCUT2D eigenvalue weighted by atomic mass is 32.2. The minimum absolute atomic E-state index is 0.262. The van der Waals surface area contributed by atoms with Gasteiger partial charge in [-0.05, 0) is 25.7 Å². The summed E-state index contributed by atoms with van der Waals surface area (Å²) in [5, 5.41) is 9.22. The molecule has 2 atom stereocenters. The Hall–Kier alpha value is -0.130. The lowest BCUT2D eigenvalue weighted by atomic mass is 10.0. The molecule has 0 saturated carbocycles. The first-order valence-corrected chi connectivity index (χ1v) is 10.1. The average molecular weight is 323 g/mol. The van der Waals surface area contributed by atoms with Crippen molar-refractivity contribution in [3.05, 3.63) is 0 Å². The third kappa shape index (κ3) is 12.1. The number of unbranched alkanes of at least 4 members (excludes halogenated alkanes) is 6. The first-order chi connectivity index (χ1) is 9.91. The maximum absolute atomic E-state index is 11.0. The van der Waals surface area contributed by atoms with Crippen LogP contribution in [0.4, 0.5) is 0 Å². The van der Waals surface area contributed by atoms with Crippen molar-refractivity contribution in [3.8, 4) is 0 Å². The second kappa shape index (κ2) is 12.4. The lowest BCUT2D eigenvalue weighted by Gasteiger charge is -2.13. The molecule has 0 aliphatic carbocycles. The molecule has 0 rings (SSSR count). The summed E-state index contributed by atoms with van der Waals surface area (Å²) < 4.78 is 31.1. The molecule has 0 spiro atoms. The van der Waals surface area contributed by atoms with Crippen molar-refractivity contribution in [2.75, 3.05) is 0 Å². The van der Waals surface area contributed by atoms with E-state index in [2.05, 4.69) is 6.92 Å². The van der Waals surface area contributed by atoms with Gasteiger partial charge in [-0.1, -0.05) is 65.2 Å². The highest BCUT2D eigenvalue weighted by Crippen LogP contribution is 2.16. The van der Waals surface area contributed by atoms with Gasteiger partial charge in [0.05, 0.1) is 11.4 Å². The molecule has 0 radical (unpaired) electrons. The SMILES string of the molecule is CCCCCCCCC(O)CCCCC(CC)S(=O)(=O)O. The first kappa shape index (κ1) is 20.9. The van der Waals surface area contributed by atoms with Crippen LogP contribution in [-0.2, 0) is 10.1 Å². The zero-order valence-electron chi connectivity index (χ0n) is 13.8. The van der Waals surface area contributed by atoms with E-state index in [-0.39, 0.29) is 6.10 Å². The number of hydrogen-bond acceptors (Lipinski definition) is 3. The molecule has 21 heavy (non-hydrogen) atoms. The fraction of sp³-hybridized carbons (Fsp3) is 1.00. The molecule has 0 saturated heterocycles. The molecule has 2 N–H and O–H groups in total. The Balaban J connectivity index is 3.55. The molecular weight excluding hydrogens is 288 g/mol. The zero-order chi connectivity index (χ0) is 16.1. The van der Waals surface area contributed by atoms with E-state index in [9.17, 15) is 13.5 Å². The first-order valence-electron chi connectivity index (χ1n) is 8.56. The summed E-state index contributed by atoms with van der Waals surface area (Å²) in [6.07, 6.45) is 11.2. The molecule has 0 aliphatic rings. The number of aliphatic hydroxyl groups is 1. The van der Waals surface area contributed by atoms with Crippen molar-refractivity contribution in [1.29, 1.82) is 0 Å². The van der Waals surface area contributed by atoms with Crippen LogP contribution in [0.1, 0.15) is 90.9 Å². The predicted molar refractivity (Wildman–Crippen MR) is 88.1 cm³/mol. The number of rotatable bonds is 14. The Morgan fingerprint density at radius 1 is 0.810 bits per heavy atom. The molecular formula is C16H34O4S. The number of hydrogen-bond donors (Lipinski definition) is 2. The Labute approximate surface area is 131 Å². The van der Waals surface area contributed by atoms with Gasteiger partial charge < -0.3 is 5.11 Å². The van der Waals surface area contributed by atoms with Gasteiger partial charge in [0.25, 0.3) is 10.1 Å². The lowest BCUT2D eigenvalue weighted by molar-refractivity contribution is 0.147. The Kier molecular flexibility index (Phi) is 12.3. The largest absolute Gasteiger partial charge is 0.393 e. The van der Waals surface area contributed by atoms with Gasteiger partial charge in [0.15, 0.2) is 0 Å². The van der Waals surface area contributed by atoms with Gasteiger partial charge >= 0.3 is 0 Å².